The number of carboxylic acids is 1. The standard InChI is InChI=1S/C13H15ClN2O5S2/c14-9-1-2-10(22-9)23(20,21)16-7-5-15(6-8-16)11(17)13(3-4-13)12(18)19/h1-2H,3-8H2,(H,18,19). The number of sulfonamides is 1. The van der Waals surface area contributed by atoms with Gasteiger partial charge in [0, 0.05) is 26.2 Å². The number of aliphatic carboxylic acids is 1. The summed E-state index contributed by atoms with van der Waals surface area (Å²) in [5, 5.41) is 9.17. The van der Waals surface area contributed by atoms with E-state index in [9.17, 15) is 23.1 Å². The fraction of sp³-hybridized carbons (Fsp3) is 0.538. The van der Waals surface area contributed by atoms with Gasteiger partial charge < -0.3 is 10.0 Å². The number of hydrogen-bond donors (Lipinski definition) is 1. The van der Waals surface area contributed by atoms with E-state index in [4.69, 9.17) is 11.6 Å². The second-order valence-electron chi connectivity index (χ2n) is 5.64. The summed E-state index contributed by atoms with van der Waals surface area (Å²) in [4.78, 5) is 25.0. The lowest BCUT2D eigenvalue weighted by Crippen LogP contribution is -2.53. The van der Waals surface area contributed by atoms with E-state index in [0.29, 0.717) is 17.2 Å². The third kappa shape index (κ3) is 2.86. The highest BCUT2D eigenvalue weighted by molar-refractivity contribution is 7.91. The van der Waals surface area contributed by atoms with Crippen LogP contribution >= 0.6 is 22.9 Å². The van der Waals surface area contributed by atoms with Gasteiger partial charge in [0.1, 0.15) is 9.62 Å². The Balaban J connectivity index is 1.67. The van der Waals surface area contributed by atoms with Crippen LogP contribution < -0.4 is 0 Å². The molecule has 0 unspecified atom stereocenters. The van der Waals surface area contributed by atoms with Crippen LogP contribution in [0.5, 0.6) is 0 Å². The minimum Gasteiger partial charge on any atom is -0.480 e. The topological polar surface area (TPSA) is 95.0 Å². The van der Waals surface area contributed by atoms with Gasteiger partial charge in [-0.3, -0.25) is 9.59 Å². The summed E-state index contributed by atoms with van der Waals surface area (Å²) < 4.78 is 26.8. The van der Waals surface area contributed by atoms with Gasteiger partial charge in [-0.25, -0.2) is 8.42 Å². The maximum absolute atomic E-state index is 12.5. The largest absolute Gasteiger partial charge is 0.480 e. The number of rotatable bonds is 4. The molecule has 2 aliphatic rings. The van der Waals surface area contributed by atoms with Crippen LogP contribution in [0.1, 0.15) is 12.8 Å². The Hall–Kier alpha value is -1.16. The SMILES string of the molecule is O=C(O)C1(C(=O)N2CCN(S(=O)(=O)c3ccc(Cl)s3)CC2)CC1. The van der Waals surface area contributed by atoms with Crippen LogP contribution in [0.15, 0.2) is 16.3 Å². The first kappa shape index (κ1) is 16.7. The quantitative estimate of drug-likeness (QED) is 0.791. The van der Waals surface area contributed by atoms with Crippen molar-refractivity contribution in [1.82, 2.24) is 9.21 Å². The number of piperazine rings is 1. The second-order valence-corrected chi connectivity index (χ2v) is 9.52. The first-order chi connectivity index (χ1) is 10.8. The molecule has 10 heteroatoms. The number of halogens is 1. The predicted molar refractivity (Wildman–Crippen MR) is 84.0 cm³/mol. The summed E-state index contributed by atoms with van der Waals surface area (Å²) in [5.41, 5.74) is -1.28. The number of carbonyl (C=O) groups excluding carboxylic acids is 1. The maximum atomic E-state index is 12.5. The lowest BCUT2D eigenvalue weighted by Gasteiger charge is -2.35. The summed E-state index contributed by atoms with van der Waals surface area (Å²) in [5.74, 6) is -1.49. The van der Waals surface area contributed by atoms with Crippen molar-refractivity contribution < 1.29 is 23.1 Å². The molecular weight excluding hydrogens is 364 g/mol. The van der Waals surface area contributed by atoms with Gasteiger partial charge in [0.15, 0.2) is 0 Å². The molecule has 0 radical (unpaired) electrons. The van der Waals surface area contributed by atoms with Crippen molar-refractivity contribution in [3.8, 4) is 0 Å². The summed E-state index contributed by atoms with van der Waals surface area (Å²) in [7, 11) is -3.61. The van der Waals surface area contributed by atoms with E-state index < -0.39 is 27.3 Å². The number of hydrogen-bond acceptors (Lipinski definition) is 5. The first-order valence-corrected chi connectivity index (χ1v) is 9.69. The van der Waals surface area contributed by atoms with Crippen molar-refractivity contribution in [2.24, 2.45) is 5.41 Å². The molecule has 0 atom stereocenters. The Kier molecular flexibility index (Phi) is 4.16. The zero-order valence-corrected chi connectivity index (χ0v) is 14.5. The number of carboxylic acid groups (broad SMARTS) is 1. The average molecular weight is 379 g/mol. The molecule has 23 heavy (non-hydrogen) atoms. The molecule has 7 nitrogen and oxygen atoms in total. The van der Waals surface area contributed by atoms with E-state index in [1.54, 1.807) is 0 Å². The van der Waals surface area contributed by atoms with E-state index >= 15 is 0 Å². The van der Waals surface area contributed by atoms with Crippen LogP contribution in [-0.2, 0) is 19.6 Å². The Labute approximate surface area is 142 Å². The molecule has 126 valence electrons. The van der Waals surface area contributed by atoms with Gasteiger partial charge in [0.25, 0.3) is 10.0 Å². The Morgan fingerprint density at radius 1 is 1.17 bits per heavy atom. The van der Waals surface area contributed by atoms with Crippen LogP contribution in [0.2, 0.25) is 4.34 Å². The van der Waals surface area contributed by atoms with E-state index in [2.05, 4.69) is 0 Å². The van der Waals surface area contributed by atoms with Gasteiger partial charge in [-0.05, 0) is 25.0 Å². The van der Waals surface area contributed by atoms with Crippen LogP contribution in [0.25, 0.3) is 0 Å². The zero-order chi connectivity index (χ0) is 16.8. The van der Waals surface area contributed by atoms with Crippen molar-refractivity contribution in [2.75, 3.05) is 26.2 Å². The highest BCUT2D eigenvalue weighted by atomic mass is 35.5. The average Bonchev–Trinajstić information content (AvgIpc) is 3.22. The molecule has 3 rings (SSSR count). The maximum Gasteiger partial charge on any atom is 0.319 e. The Bertz CT molecular complexity index is 748. The lowest BCUT2D eigenvalue weighted by molar-refractivity contribution is -0.154. The summed E-state index contributed by atoms with van der Waals surface area (Å²) in [6, 6.07) is 2.99. The molecule has 0 aromatic carbocycles. The molecule has 2 fully saturated rings. The summed E-state index contributed by atoms with van der Waals surface area (Å²) >= 11 is 6.78. The van der Waals surface area contributed by atoms with E-state index in [0.717, 1.165) is 11.3 Å². The second kappa shape index (κ2) is 5.73. The predicted octanol–water partition coefficient (Wildman–Crippen LogP) is 1.10. The lowest BCUT2D eigenvalue weighted by atomic mass is 10.1. The fourth-order valence-corrected chi connectivity index (χ4v) is 5.70. The fourth-order valence-electron chi connectivity index (χ4n) is 2.64. The molecule has 1 amide bonds. The van der Waals surface area contributed by atoms with Crippen LogP contribution in [0.4, 0.5) is 0 Å². The van der Waals surface area contributed by atoms with Gasteiger partial charge in [-0.15, -0.1) is 11.3 Å². The van der Waals surface area contributed by atoms with Gasteiger partial charge in [-0.1, -0.05) is 11.6 Å². The molecule has 1 saturated carbocycles. The molecule has 0 bridgehead atoms. The van der Waals surface area contributed by atoms with E-state index in [1.165, 1.54) is 21.3 Å². The van der Waals surface area contributed by atoms with Crippen molar-refractivity contribution in [3.63, 3.8) is 0 Å². The zero-order valence-electron chi connectivity index (χ0n) is 12.1. The molecule has 1 aromatic heterocycles. The monoisotopic (exact) mass is 378 g/mol. The molecule has 2 heterocycles. The molecule has 1 aliphatic carbocycles. The minimum absolute atomic E-state index is 0.152. The highest BCUT2D eigenvalue weighted by Crippen LogP contribution is 2.47. The van der Waals surface area contributed by atoms with Crippen LogP contribution in [0, 0.1) is 5.41 Å². The van der Waals surface area contributed by atoms with Crippen molar-refractivity contribution >= 4 is 44.8 Å². The van der Waals surface area contributed by atoms with Crippen LogP contribution in [-0.4, -0.2) is 60.8 Å². The van der Waals surface area contributed by atoms with Crippen molar-refractivity contribution in [1.29, 1.82) is 0 Å². The van der Waals surface area contributed by atoms with Crippen LogP contribution in [0.3, 0.4) is 0 Å². The molecule has 1 aromatic rings. The number of carbonyl (C=O) groups is 2. The van der Waals surface area contributed by atoms with Gasteiger partial charge >= 0.3 is 5.97 Å². The Morgan fingerprint density at radius 2 is 1.78 bits per heavy atom. The van der Waals surface area contributed by atoms with Crippen molar-refractivity contribution in [3.05, 3.63) is 16.5 Å². The third-order valence-electron chi connectivity index (χ3n) is 4.24. The first-order valence-electron chi connectivity index (χ1n) is 7.06. The number of amides is 1. The molecule has 1 N–H and O–H groups in total. The van der Waals surface area contributed by atoms with Crippen molar-refractivity contribution in [2.45, 2.75) is 17.1 Å². The summed E-state index contributed by atoms with van der Waals surface area (Å²) in [6.07, 6.45) is 0.709. The van der Waals surface area contributed by atoms with Gasteiger partial charge in [0.2, 0.25) is 5.91 Å². The molecular formula is C13H15ClN2O5S2. The van der Waals surface area contributed by atoms with Gasteiger partial charge in [-0.2, -0.15) is 4.31 Å². The number of nitrogens with zero attached hydrogens (tertiary/aromatic N) is 2. The minimum atomic E-state index is -3.61. The third-order valence-corrected chi connectivity index (χ3v) is 7.83. The normalized spacial score (nSPS) is 21.2. The Morgan fingerprint density at radius 3 is 2.22 bits per heavy atom. The number of thiophene rings is 1. The summed E-state index contributed by atoms with van der Waals surface area (Å²) in [6.45, 7) is 0.705. The molecule has 1 aliphatic heterocycles. The van der Waals surface area contributed by atoms with Gasteiger partial charge in [0.05, 0.1) is 4.34 Å². The van der Waals surface area contributed by atoms with E-state index in [-0.39, 0.29) is 30.4 Å². The smallest absolute Gasteiger partial charge is 0.319 e. The molecule has 0 spiro atoms. The highest BCUT2D eigenvalue weighted by Gasteiger charge is 2.58. The van der Waals surface area contributed by atoms with E-state index in [1.807, 2.05) is 0 Å². The molecule has 1 saturated heterocycles.